The van der Waals surface area contributed by atoms with Crippen LogP contribution in [0.2, 0.25) is 0 Å². The fraction of sp³-hybridized carbons (Fsp3) is 0.529. The van der Waals surface area contributed by atoms with Crippen LogP contribution >= 0.6 is 0 Å². The average molecular weight is 322 g/mol. The Bertz CT molecular complexity index is 569. The zero-order valence-electron chi connectivity index (χ0n) is 13.6. The van der Waals surface area contributed by atoms with Gasteiger partial charge < -0.3 is 15.0 Å². The van der Waals surface area contributed by atoms with Crippen LogP contribution in [0.1, 0.15) is 36.0 Å². The van der Waals surface area contributed by atoms with Gasteiger partial charge in [-0.3, -0.25) is 9.59 Å². The summed E-state index contributed by atoms with van der Waals surface area (Å²) < 4.78 is 18.4. The number of carbonyl (C=O) groups excluding carboxylic acids is 2. The molecule has 6 heteroatoms. The van der Waals surface area contributed by atoms with Gasteiger partial charge in [-0.2, -0.15) is 0 Å². The number of hydrogen-bond acceptors (Lipinski definition) is 4. The van der Waals surface area contributed by atoms with E-state index in [1.807, 2.05) is 7.05 Å². The van der Waals surface area contributed by atoms with Crippen molar-refractivity contribution >= 4 is 11.7 Å². The number of benzene rings is 1. The van der Waals surface area contributed by atoms with Crippen LogP contribution in [0.15, 0.2) is 18.2 Å². The molecule has 0 atom stereocenters. The highest BCUT2D eigenvalue weighted by atomic mass is 19.1. The Morgan fingerprint density at radius 1 is 1.30 bits per heavy atom. The van der Waals surface area contributed by atoms with Gasteiger partial charge in [-0.1, -0.05) is 0 Å². The van der Waals surface area contributed by atoms with Crippen LogP contribution in [-0.4, -0.2) is 49.9 Å². The van der Waals surface area contributed by atoms with Crippen molar-refractivity contribution in [1.29, 1.82) is 0 Å². The van der Waals surface area contributed by atoms with E-state index < -0.39 is 5.82 Å². The lowest BCUT2D eigenvalue weighted by molar-refractivity contribution is -0.132. The zero-order chi connectivity index (χ0) is 16.8. The number of likely N-dealkylation sites (tertiary alicyclic amines) is 1. The molecule has 1 fully saturated rings. The molecule has 0 spiro atoms. The number of Topliss-reactive ketones (excluding diaryl/α,β-unsaturated/α-hetero) is 1. The Morgan fingerprint density at radius 2 is 2.00 bits per heavy atom. The second-order valence-electron chi connectivity index (χ2n) is 5.72. The fourth-order valence-electron chi connectivity index (χ4n) is 2.78. The molecular weight excluding hydrogens is 299 g/mol. The minimum Gasteiger partial charge on any atom is -0.494 e. The Balaban J connectivity index is 1.84. The second kappa shape index (κ2) is 8.06. The van der Waals surface area contributed by atoms with E-state index in [9.17, 15) is 14.0 Å². The number of ether oxygens (including phenoxy) is 1. The summed E-state index contributed by atoms with van der Waals surface area (Å²) in [4.78, 5) is 26.1. The number of amides is 1. The summed E-state index contributed by atoms with van der Waals surface area (Å²) in [5.74, 6) is -0.712. The van der Waals surface area contributed by atoms with Crippen molar-refractivity contribution in [2.75, 3.05) is 27.2 Å². The first-order valence-corrected chi connectivity index (χ1v) is 7.87. The number of hydrogen-bond donors (Lipinski definition) is 1. The number of halogens is 1. The van der Waals surface area contributed by atoms with E-state index in [0.717, 1.165) is 32.0 Å². The van der Waals surface area contributed by atoms with Crippen molar-refractivity contribution in [2.24, 2.45) is 0 Å². The molecule has 0 bridgehead atoms. The molecule has 23 heavy (non-hydrogen) atoms. The van der Waals surface area contributed by atoms with Crippen molar-refractivity contribution < 1.29 is 18.7 Å². The summed E-state index contributed by atoms with van der Waals surface area (Å²) >= 11 is 0. The van der Waals surface area contributed by atoms with Gasteiger partial charge in [-0.15, -0.1) is 0 Å². The van der Waals surface area contributed by atoms with Gasteiger partial charge in [0.15, 0.2) is 17.3 Å². The molecule has 126 valence electrons. The van der Waals surface area contributed by atoms with Gasteiger partial charge in [0.2, 0.25) is 5.91 Å². The first-order chi connectivity index (χ1) is 11.0. The van der Waals surface area contributed by atoms with E-state index in [1.54, 1.807) is 4.90 Å². The van der Waals surface area contributed by atoms with Crippen molar-refractivity contribution in [3.05, 3.63) is 29.6 Å². The molecule has 1 aliphatic rings. The van der Waals surface area contributed by atoms with Gasteiger partial charge in [-0.25, -0.2) is 4.39 Å². The Labute approximate surface area is 135 Å². The molecule has 5 nitrogen and oxygen atoms in total. The Kier molecular flexibility index (Phi) is 6.10. The number of piperidine rings is 1. The van der Waals surface area contributed by atoms with Crippen LogP contribution < -0.4 is 10.1 Å². The molecule has 0 aliphatic carbocycles. The fourth-order valence-corrected chi connectivity index (χ4v) is 2.78. The monoisotopic (exact) mass is 322 g/mol. The van der Waals surface area contributed by atoms with Crippen LogP contribution in [-0.2, 0) is 4.79 Å². The predicted octanol–water partition coefficient (Wildman–Crippen LogP) is 2.01. The van der Waals surface area contributed by atoms with Crippen molar-refractivity contribution in [2.45, 2.75) is 31.7 Å². The van der Waals surface area contributed by atoms with Crippen molar-refractivity contribution in [3.63, 3.8) is 0 Å². The molecule has 0 aromatic heterocycles. The van der Waals surface area contributed by atoms with E-state index in [-0.39, 0.29) is 35.8 Å². The Morgan fingerprint density at radius 3 is 2.57 bits per heavy atom. The van der Waals surface area contributed by atoms with Crippen LogP contribution in [0, 0.1) is 5.82 Å². The summed E-state index contributed by atoms with van der Waals surface area (Å²) in [6.07, 6.45) is 2.12. The zero-order valence-corrected chi connectivity index (χ0v) is 13.6. The third-order valence-corrected chi connectivity index (χ3v) is 4.30. The topological polar surface area (TPSA) is 58.6 Å². The maximum Gasteiger partial charge on any atom is 0.223 e. The van der Waals surface area contributed by atoms with Gasteiger partial charge in [-0.05, 0) is 38.1 Å². The van der Waals surface area contributed by atoms with Crippen LogP contribution in [0.5, 0.6) is 5.75 Å². The third-order valence-electron chi connectivity index (χ3n) is 4.30. The van der Waals surface area contributed by atoms with E-state index in [2.05, 4.69) is 5.32 Å². The van der Waals surface area contributed by atoms with E-state index >= 15 is 0 Å². The highest BCUT2D eigenvalue weighted by Gasteiger charge is 2.22. The van der Waals surface area contributed by atoms with Gasteiger partial charge in [0, 0.05) is 37.5 Å². The van der Waals surface area contributed by atoms with Crippen molar-refractivity contribution in [3.8, 4) is 5.75 Å². The molecule has 0 saturated carbocycles. The summed E-state index contributed by atoms with van der Waals surface area (Å²) in [5.41, 5.74) is 0.269. The molecule has 1 saturated heterocycles. The molecule has 1 heterocycles. The maximum atomic E-state index is 13.6. The quantitative estimate of drug-likeness (QED) is 0.814. The average Bonchev–Trinajstić information content (AvgIpc) is 2.59. The Hall–Kier alpha value is -1.95. The molecule has 0 radical (unpaired) electrons. The lowest BCUT2D eigenvalue weighted by Crippen LogP contribution is -2.44. The van der Waals surface area contributed by atoms with Gasteiger partial charge in [0.1, 0.15) is 0 Å². The molecule has 1 N–H and O–H groups in total. The molecule has 1 amide bonds. The lowest BCUT2D eigenvalue weighted by atomic mass is 10.0. The van der Waals surface area contributed by atoms with E-state index in [0.29, 0.717) is 6.04 Å². The summed E-state index contributed by atoms with van der Waals surface area (Å²) in [6, 6.07) is 4.56. The van der Waals surface area contributed by atoms with Crippen LogP contribution in [0.3, 0.4) is 0 Å². The predicted molar refractivity (Wildman–Crippen MR) is 85.2 cm³/mol. The molecule has 1 aliphatic heterocycles. The van der Waals surface area contributed by atoms with Crippen LogP contribution in [0.4, 0.5) is 4.39 Å². The highest BCUT2D eigenvalue weighted by molar-refractivity contribution is 5.98. The maximum absolute atomic E-state index is 13.6. The molecule has 1 aromatic carbocycles. The molecule has 2 rings (SSSR count). The number of ketones is 1. The first kappa shape index (κ1) is 17.4. The normalized spacial score (nSPS) is 15.5. The minimum atomic E-state index is -0.571. The van der Waals surface area contributed by atoms with Gasteiger partial charge >= 0.3 is 0 Å². The second-order valence-corrected chi connectivity index (χ2v) is 5.72. The SMILES string of the molecule is CNC1CCN(C(=O)CCC(=O)c2ccc(OC)c(F)c2)CC1. The highest BCUT2D eigenvalue weighted by Crippen LogP contribution is 2.19. The van der Waals surface area contributed by atoms with E-state index in [1.165, 1.54) is 19.2 Å². The molecule has 1 aromatic rings. The number of carbonyl (C=O) groups is 2. The van der Waals surface area contributed by atoms with E-state index in [4.69, 9.17) is 4.74 Å². The van der Waals surface area contributed by atoms with Gasteiger partial charge in [0.25, 0.3) is 0 Å². The number of rotatable bonds is 6. The number of nitrogens with zero attached hydrogens (tertiary/aromatic N) is 1. The van der Waals surface area contributed by atoms with Crippen LogP contribution in [0.25, 0.3) is 0 Å². The van der Waals surface area contributed by atoms with Crippen molar-refractivity contribution in [1.82, 2.24) is 10.2 Å². The summed E-state index contributed by atoms with van der Waals surface area (Å²) in [5, 5.41) is 3.21. The first-order valence-electron chi connectivity index (χ1n) is 7.87. The number of nitrogens with one attached hydrogen (secondary N) is 1. The third kappa shape index (κ3) is 4.51. The largest absolute Gasteiger partial charge is 0.494 e. The lowest BCUT2D eigenvalue weighted by Gasteiger charge is -2.31. The number of methoxy groups -OCH3 is 1. The minimum absolute atomic E-state index is 0.0121. The summed E-state index contributed by atoms with van der Waals surface area (Å²) in [6.45, 7) is 1.44. The van der Waals surface area contributed by atoms with Gasteiger partial charge in [0.05, 0.1) is 7.11 Å². The smallest absolute Gasteiger partial charge is 0.223 e. The standard InChI is InChI=1S/C17H23FN2O3/c1-19-13-7-9-20(10-8-13)17(22)6-4-15(21)12-3-5-16(23-2)14(18)11-12/h3,5,11,13,19H,4,6-10H2,1-2H3. The molecular formula is C17H23FN2O3. The summed E-state index contributed by atoms with van der Waals surface area (Å²) in [7, 11) is 3.30. The molecule has 0 unspecified atom stereocenters.